The Balaban J connectivity index is 1.50. The second-order valence-corrected chi connectivity index (χ2v) is 7.51. The van der Waals surface area contributed by atoms with Crippen LogP contribution in [-0.4, -0.2) is 38.9 Å². The third kappa shape index (κ3) is 4.00. The number of nitrogens with zero attached hydrogens (tertiary/aromatic N) is 4. The largest absolute Gasteiger partial charge is 0.494 e. The van der Waals surface area contributed by atoms with Gasteiger partial charge in [0.05, 0.1) is 18.5 Å². The summed E-state index contributed by atoms with van der Waals surface area (Å²) in [6, 6.07) is 10.5. The first kappa shape index (κ1) is 19.1. The van der Waals surface area contributed by atoms with Gasteiger partial charge < -0.3 is 9.15 Å². The van der Waals surface area contributed by atoms with Crippen molar-refractivity contribution in [1.82, 2.24) is 15.2 Å². The molecule has 1 fully saturated rings. The van der Waals surface area contributed by atoms with E-state index >= 15 is 0 Å². The number of furan rings is 1. The Labute approximate surface area is 171 Å². The van der Waals surface area contributed by atoms with E-state index in [1.165, 1.54) is 11.1 Å². The van der Waals surface area contributed by atoms with Crippen molar-refractivity contribution in [3.8, 4) is 17.2 Å². The van der Waals surface area contributed by atoms with Gasteiger partial charge in [-0.1, -0.05) is 11.8 Å². The maximum Gasteiger partial charge on any atom is 0.247 e. The van der Waals surface area contributed by atoms with E-state index in [4.69, 9.17) is 9.15 Å². The van der Waals surface area contributed by atoms with E-state index in [2.05, 4.69) is 15.2 Å². The molecule has 1 aliphatic rings. The summed E-state index contributed by atoms with van der Waals surface area (Å²) in [6.07, 6.45) is 1.57. The molecule has 148 valence electrons. The number of hydrogen-bond donors (Lipinski definition) is 0. The molecule has 1 aliphatic heterocycles. The van der Waals surface area contributed by atoms with Crippen LogP contribution in [0.4, 0.5) is 5.69 Å². The van der Waals surface area contributed by atoms with Gasteiger partial charge in [0, 0.05) is 6.42 Å². The fraction of sp³-hybridized carbons (Fsp3) is 0.250. The minimum Gasteiger partial charge on any atom is -0.494 e. The van der Waals surface area contributed by atoms with Gasteiger partial charge in [0.2, 0.25) is 17.0 Å². The van der Waals surface area contributed by atoms with Gasteiger partial charge in [-0.05, 0) is 50.2 Å². The monoisotopic (exact) mass is 410 g/mol. The molecule has 8 nitrogen and oxygen atoms in total. The quantitative estimate of drug-likeness (QED) is 0.571. The van der Waals surface area contributed by atoms with Gasteiger partial charge in [-0.3, -0.25) is 9.59 Å². The predicted octanol–water partition coefficient (Wildman–Crippen LogP) is 3.26. The lowest BCUT2D eigenvalue weighted by molar-refractivity contribution is -0.121. The van der Waals surface area contributed by atoms with Gasteiger partial charge >= 0.3 is 0 Å². The summed E-state index contributed by atoms with van der Waals surface area (Å²) >= 11 is 1.13. The molecule has 4 rings (SSSR count). The van der Waals surface area contributed by atoms with E-state index in [0.29, 0.717) is 34.7 Å². The van der Waals surface area contributed by atoms with Crippen LogP contribution in [0.1, 0.15) is 19.1 Å². The SMILES string of the molecule is CCOc1ccc(N2C(=O)CC(Sc3nncc(-c4ccc(C)o4)n3)C2=O)cc1. The number of benzene rings is 1. The highest BCUT2D eigenvalue weighted by Gasteiger charge is 2.40. The van der Waals surface area contributed by atoms with Crippen molar-refractivity contribution in [3.05, 3.63) is 48.4 Å². The minimum absolute atomic E-state index is 0.0736. The van der Waals surface area contributed by atoms with E-state index in [1.807, 2.05) is 19.9 Å². The van der Waals surface area contributed by atoms with Crippen LogP contribution in [0, 0.1) is 6.92 Å². The highest BCUT2D eigenvalue weighted by molar-refractivity contribution is 8.00. The third-order valence-corrected chi connectivity index (χ3v) is 5.33. The molecule has 3 heterocycles. The smallest absolute Gasteiger partial charge is 0.247 e. The molecule has 1 aromatic carbocycles. The van der Waals surface area contributed by atoms with Crippen LogP contribution in [0.15, 0.2) is 52.2 Å². The van der Waals surface area contributed by atoms with Crippen LogP contribution < -0.4 is 9.64 Å². The first-order chi connectivity index (χ1) is 14.0. The molecule has 0 radical (unpaired) electrons. The summed E-state index contributed by atoms with van der Waals surface area (Å²) in [6.45, 7) is 4.28. The maximum atomic E-state index is 12.8. The van der Waals surface area contributed by atoms with Crippen LogP contribution in [0.2, 0.25) is 0 Å². The Morgan fingerprint density at radius 3 is 2.69 bits per heavy atom. The molecule has 2 amide bonds. The van der Waals surface area contributed by atoms with Crippen molar-refractivity contribution in [1.29, 1.82) is 0 Å². The zero-order valence-corrected chi connectivity index (χ0v) is 16.7. The van der Waals surface area contributed by atoms with Gasteiger partial charge in [0.15, 0.2) is 5.76 Å². The summed E-state index contributed by atoms with van der Waals surface area (Å²) in [5.74, 6) is 1.46. The van der Waals surface area contributed by atoms with Crippen molar-refractivity contribution in [2.45, 2.75) is 30.7 Å². The molecule has 29 heavy (non-hydrogen) atoms. The van der Waals surface area contributed by atoms with Crippen molar-refractivity contribution in [2.75, 3.05) is 11.5 Å². The molecular weight excluding hydrogens is 392 g/mol. The third-order valence-electron chi connectivity index (χ3n) is 4.29. The Morgan fingerprint density at radius 2 is 2.00 bits per heavy atom. The topological polar surface area (TPSA) is 98.4 Å². The lowest BCUT2D eigenvalue weighted by Gasteiger charge is -2.15. The number of carbonyl (C=O) groups is 2. The van der Waals surface area contributed by atoms with Crippen LogP contribution in [0.5, 0.6) is 5.75 Å². The average Bonchev–Trinajstić information content (AvgIpc) is 3.26. The van der Waals surface area contributed by atoms with E-state index in [-0.39, 0.29) is 18.2 Å². The standard InChI is InChI=1S/C20H18N4O4S/c1-3-27-14-7-5-13(6-8-14)24-18(25)10-17(19(24)26)29-20-22-15(11-21-23-20)16-9-4-12(2)28-16/h4-9,11,17H,3,10H2,1-2H3. The molecule has 0 bridgehead atoms. The average molecular weight is 410 g/mol. The second kappa shape index (κ2) is 8.04. The first-order valence-corrected chi connectivity index (χ1v) is 9.96. The Hall–Kier alpha value is -3.20. The fourth-order valence-corrected chi connectivity index (χ4v) is 3.91. The van der Waals surface area contributed by atoms with Gasteiger partial charge in [-0.15, -0.1) is 5.10 Å². The lowest BCUT2D eigenvalue weighted by atomic mass is 10.3. The molecule has 3 aromatic rings. The van der Waals surface area contributed by atoms with Gasteiger partial charge in [0.25, 0.3) is 0 Å². The molecule has 0 saturated carbocycles. The first-order valence-electron chi connectivity index (χ1n) is 9.08. The Kier molecular flexibility index (Phi) is 5.30. The highest BCUT2D eigenvalue weighted by Crippen LogP contribution is 2.33. The molecule has 0 N–H and O–H groups in total. The van der Waals surface area contributed by atoms with Crippen molar-refractivity contribution in [3.63, 3.8) is 0 Å². The summed E-state index contributed by atoms with van der Waals surface area (Å²) in [5.41, 5.74) is 1.04. The zero-order chi connectivity index (χ0) is 20.4. The fourth-order valence-electron chi connectivity index (χ4n) is 2.98. The van der Waals surface area contributed by atoms with Gasteiger partial charge in [-0.2, -0.15) is 5.10 Å². The van der Waals surface area contributed by atoms with E-state index < -0.39 is 5.25 Å². The summed E-state index contributed by atoms with van der Waals surface area (Å²) in [5, 5.41) is 7.64. The number of thioether (sulfide) groups is 1. The highest BCUT2D eigenvalue weighted by atomic mass is 32.2. The van der Waals surface area contributed by atoms with E-state index in [9.17, 15) is 9.59 Å². The number of aryl methyl sites for hydroxylation is 1. The van der Waals surface area contributed by atoms with Crippen molar-refractivity contribution >= 4 is 29.3 Å². The molecule has 0 aliphatic carbocycles. The van der Waals surface area contributed by atoms with Crippen LogP contribution in [0.3, 0.4) is 0 Å². The molecule has 1 atom stereocenters. The number of amides is 2. The lowest BCUT2D eigenvalue weighted by Crippen LogP contribution is -2.31. The summed E-state index contributed by atoms with van der Waals surface area (Å²) in [4.78, 5) is 30.9. The van der Waals surface area contributed by atoms with Crippen LogP contribution in [-0.2, 0) is 9.59 Å². The van der Waals surface area contributed by atoms with Gasteiger partial charge in [0.1, 0.15) is 22.5 Å². The van der Waals surface area contributed by atoms with Crippen LogP contribution in [0.25, 0.3) is 11.5 Å². The Morgan fingerprint density at radius 1 is 1.21 bits per heavy atom. The number of ether oxygens (including phenoxy) is 1. The summed E-state index contributed by atoms with van der Waals surface area (Å²) in [7, 11) is 0. The maximum absolute atomic E-state index is 12.8. The second-order valence-electron chi connectivity index (χ2n) is 6.34. The molecule has 0 spiro atoms. The number of hydrogen-bond acceptors (Lipinski definition) is 8. The number of anilines is 1. The number of imide groups is 1. The van der Waals surface area contributed by atoms with Crippen molar-refractivity contribution < 1.29 is 18.7 Å². The van der Waals surface area contributed by atoms with Crippen molar-refractivity contribution in [2.24, 2.45) is 0 Å². The Bertz CT molecular complexity index is 1050. The predicted molar refractivity (Wildman–Crippen MR) is 107 cm³/mol. The van der Waals surface area contributed by atoms with E-state index in [0.717, 1.165) is 17.5 Å². The number of rotatable bonds is 6. The minimum atomic E-state index is -0.607. The van der Waals surface area contributed by atoms with E-state index in [1.54, 1.807) is 30.3 Å². The molecule has 2 aromatic heterocycles. The normalized spacial score (nSPS) is 16.5. The molecule has 1 unspecified atom stereocenters. The summed E-state index contributed by atoms with van der Waals surface area (Å²) < 4.78 is 11.0. The molecule has 1 saturated heterocycles. The van der Waals surface area contributed by atoms with Crippen LogP contribution >= 0.6 is 11.8 Å². The number of carbonyl (C=O) groups excluding carboxylic acids is 2. The molecule has 9 heteroatoms. The zero-order valence-electron chi connectivity index (χ0n) is 15.9. The van der Waals surface area contributed by atoms with Gasteiger partial charge in [-0.25, -0.2) is 9.88 Å². The molecular formula is C20H18N4O4S. The number of aromatic nitrogens is 3.